The normalized spacial score (nSPS) is 23.0. The van der Waals surface area contributed by atoms with Crippen molar-refractivity contribution in [3.63, 3.8) is 0 Å². The van der Waals surface area contributed by atoms with E-state index < -0.39 is 42.6 Å². The van der Waals surface area contributed by atoms with Gasteiger partial charge in [0.25, 0.3) is 5.91 Å². The van der Waals surface area contributed by atoms with Gasteiger partial charge < -0.3 is 18.7 Å². The Morgan fingerprint density at radius 3 is 1.88 bits per heavy atom. The summed E-state index contributed by atoms with van der Waals surface area (Å²) in [6.45, 7) is 10.8. The lowest BCUT2D eigenvalue weighted by atomic mass is 9.91. The summed E-state index contributed by atoms with van der Waals surface area (Å²) in [5.74, 6) is -1.88. The second-order valence-electron chi connectivity index (χ2n) is 7.86. The molecule has 1 rings (SSSR count). The van der Waals surface area contributed by atoms with E-state index in [-0.39, 0.29) is 0 Å². The first-order valence-electron chi connectivity index (χ1n) is 7.69. The molecule has 2 atom stereocenters. The van der Waals surface area contributed by atoms with Gasteiger partial charge in [-0.15, -0.1) is 0 Å². The van der Waals surface area contributed by atoms with Crippen LogP contribution in [0.5, 0.6) is 0 Å². The predicted molar refractivity (Wildman–Crippen MR) is 89.5 cm³/mol. The quantitative estimate of drug-likeness (QED) is 0.716. The van der Waals surface area contributed by atoms with E-state index in [1.54, 1.807) is 27.8 Å². The highest BCUT2D eigenvalue weighted by Crippen LogP contribution is 2.57. The highest BCUT2D eigenvalue weighted by atomic mass is 31.2. The molecule has 0 radical (unpaired) electrons. The first-order chi connectivity index (χ1) is 10.7. The van der Waals surface area contributed by atoms with E-state index in [1.807, 2.05) is 20.8 Å². The molecule has 0 aromatic carbocycles. The van der Waals surface area contributed by atoms with Crippen molar-refractivity contribution in [1.29, 1.82) is 0 Å². The molecule has 1 saturated heterocycles. The monoisotopic (exact) mass is 364 g/mol. The average Bonchev–Trinajstić information content (AvgIpc) is 2.69. The lowest BCUT2D eigenvalue weighted by molar-refractivity contribution is -0.128. The topological polar surface area (TPSA) is 85.4 Å². The Kier molecular flexibility index (Phi) is 5.80. The maximum absolute atomic E-state index is 12.9. The Hall–Kier alpha value is -1.11. The maximum atomic E-state index is 12.9. The second-order valence-corrected chi connectivity index (χ2v) is 10.2. The molecule has 0 spiro atoms. The molecule has 1 fully saturated rings. The van der Waals surface area contributed by atoms with Crippen molar-refractivity contribution < 1.29 is 27.9 Å². The summed E-state index contributed by atoms with van der Waals surface area (Å²) in [6.07, 6.45) is -1.39. The average molecular weight is 364 g/mol. The summed E-state index contributed by atoms with van der Waals surface area (Å²) in [7, 11) is 0.0695. The predicted octanol–water partition coefficient (Wildman–Crippen LogP) is 2.88. The molecule has 1 aliphatic heterocycles. The molecular formula is C15H29N2O6P. The van der Waals surface area contributed by atoms with Crippen LogP contribution in [0.25, 0.3) is 0 Å². The number of rotatable bonds is 3. The first kappa shape index (κ1) is 20.9. The summed E-state index contributed by atoms with van der Waals surface area (Å²) in [5.41, 5.74) is -1.26. The van der Waals surface area contributed by atoms with Crippen LogP contribution in [-0.4, -0.2) is 60.6 Å². The summed E-state index contributed by atoms with van der Waals surface area (Å²) >= 11 is 0. The van der Waals surface area contributed by atoms with E-state index in [0.717, 1.165) is 0 Å². The molecule has 0 aliphatic carbocycles. The van der Waals surface area contributed by atoms with Crippen LogP contribution in [-0.2, 0) is 23.1 Å². The molecule has 140 valence electrons. The van der Waals surface area contributed by atoms with Gasteiger partial charge in [0.2, 0.25) is 5.78 Å². The summed E-state index contributed by atoms with van der Waals surface area (Å²) < 4.78 is 28.3. The number of carbonyl (C=O) groups is 2. The molecule has 9 heteroatoms. The molecule has 1 aliphatic rings. The summed E-state index contributed by atoms with van der Waals surface area (Å²) in [5, 5.41) is 0. The maximum Gasteiger partial charge on any atom is 0.413 e. The van der Waals surface area contributed by atoms with Crippen LogP contribution in [0.15, 0.2) is 0 Å². The molecule has 1 heterocycles. The van der Waals surface area contributed by atoms with Crippen molar-refractivity contribution in [2.75, 3.05) is 21.3 Å². The molecule has 2 unspecified atom stereocenters. The van der Waals surface area contributed by atoms with Crippen LogP contribution in [0.1, 0.15) is 41.5 Å². The minimum Gasteiger partial charge on any atom is -0.444 e. The van der Waals surface area contributed by atoms with E-state index in [4.69, 9.17) is 13.8 Å². The lowest BCUT2D eigenvalue weighted by Crippen LogP contribution is -2.52. The van der Waals surface area contributed by atoms with Crippen LogP contribution < -0.4 is 0 Å². The third-order valence-corrected chi connectivity index (χ3v) is 5.74. The van der Waals surface area contributed by atoms with Gasteiger partial charge in [-0.2, -0.15) is 0 Å². The van der Waals surface area contributed by atoms with Gasteiger partial charge in [-0.1, -0.05) is 20.8 Å². The Labute approximate surface area is 143 Å². The standard InChI is InChI=1S/C15H29N2O6P/c1-14(2,3)12-16(7)10(18)11(24(20,21-8)22-9)17(12)13(19)23-15(4,5)6/h11-12H,1-9H3. The Bertz CT molecular complexity index is 543. The number of carbonyl (C=O) groups excluding carboxylic acids is 2. The highest BCUT2D eigenvalue weighted by Gasteiger charge is 2.60. The zero-order chi connectivity index (χ0) is 19.1. The minimum atomic E-state index is -3.87. The summed E-state index contributed by atoms with van der Waals surface area (Å²) in [4.78, 5) is 28.1. The molecule has 24 heavy (non-hydrogen) atoms. The van der Waals surface area contributed by atoms with Gasteiger partial charge in [0.1, 0.15) is 11.8 Å². The molecule has 2 amide bonds. The van der Waals surface area contributed by atoms with E-state index >= 15 is 0 Å². The number of hydrogen-bond acceptors (Lipinski definition) is 6. The Morgan fingerprint density at radius 2 is 1.54 bits per heavy atom. The van der Waals surface area contributed by atoms with E-state index in [0.29, 0.717) is 0 Å². The van der Waals surface area contributed by atoms with Crippen molar-refractivity contribution in [3.8, 4) is 0 Å². The number of amides is 2. The van der Waals surface area contributed by atoms with Gasteiger partial charge in [-0.05, 0) is 20.8 Å². The third-order valence-electron chi connectivity index (χ3n) is 3.65. The fraction of sp³-hybridized carbons (Fsp3) is 0.867. The van der Waals surface area contributed by atoms with Crippen molar-refractivity contribution in [1.82, 2.24) is 9.80 Å². The van der Waals surface area contributed by atoms with Crippen LogP contribution >= 0.6 is 7.60 Å². The lowest BCUT2D eigenvalue weighted by Gasteiger charge is -2.39. The smallest absolute Gasteiger partial charge is 0.413 e. The first-order valence-corrected chi connectivity index (χ1v) is 9.30. The van der Waals surface area contributed by atoms with Crippen molar-refractivity contribution >= 4 is 19.6 Å². The zero-order valence-electron chi connectivity index (χ0n) is 15.9. The fourth-order valence-electron chi connectivity index (χ4n) is 2.82. The van der Waals surface area contributed by atoms with Gasteiger partial charge in [0.15, 0.2) is 0 Å². The highest BCUT2D eigenvalue weighted by molar-refractivity contribution is 7.55. The number of likely N-dealkylation sites (N-methyl/N-ethyl adjacent to an activating group) is 1. The summed E-state index contributed by atoms with van der Waals surface area (Å²) in [6, 6.07) is 0. The molecule has 0 bridgehead atoms. The van der Waals surface area contributed by atoms with E-state index in [1.165, 1.54) is 24.0 Å². The van der Waals surface area contributed by atoms with Gasteiger partial charge in [0, 0.05) is 26.7 Å². The third kappa shape index (κ3) is 3.92. The van der Waals surface area contributed by atoms with Crippen LogP contribution in [0.4, 0.5) is 4.79 Å². The SMILES string of the molecule is COP(=O)(OC)C1C(=O)N(C)C(C(C)(C)C)N1C(=O)OC(C)(C)C. The molecule has 0 saturated carbocycles. The Morgan fingerprint density at radius 1 is 1.08 bits per heavy atom. The van der Waals surface area contributed by atoms with Crippen LogP contribution in [0, 0.1) is 5.41 Å². The Balaban J connectivity index is 3.47. The van der Waals surface area contributed by atoms with Gasteiger partial charge in [-0.3, -0.25) is 14.3 Å². The fourth-order valence-corrected chi connectivity index (χ4v) is 4.34. The molecule has 0 aromatic rings. The van der Waals surface area contributed by atoms with Crippen molar-refractivity contribution in [2.45, 2.75) is 59.1 Å². The second kappa shape index (κ2) is 6.65. The van der Waals surface area contributed by atoms with E-state index in [9.17, 15) is 14.2 Å². The largest absolute Gasteiger partial charge is 0.444 e. The zero-order valence-corrected chi connectivity index (χ0v) is 16.8. The van der Waals surface area contributed by atoms with Gasteiger partial charge >= 0.3 is 13.7 Å². The van der Waals surface area contributed by atoms with Crippen LogP contribution in [0.3, 0.4) is 0 Å². The minimum absolute atomic E-state index is 0.498. The van der Waals surface area contributed by atoms with Crippen molar-refractivity contribution in [3.05, 3.63) is 0 Å². The van der Waals surface area contributed by atoms with Gasteiger partial charge in [0.05, 0.1) is 0 Å². The number of hydrogen-bond donors (Lipinski definition) is 0. The molecule has 0 aromatic heterocycles. The van der Waals surface area contributed by atoms with Crippen molar-refractivity contribution in [2.24, 2.45) is 5.41 Å². The molecule has 8 nitrogen and oxygen atoms in total. The molecular weight excluding hydrogens is 335 g/mol. The van der Waals surface area contributed by atoms with Crippen LogP contribution in [0.2, 0.25) is 0 Å². The number of nitrogens with zero attached hydrogens (tertiary/aromatic N) is 2. The molecule has 0 N–H and O–H groups in total. The van der Waals surface area contributed by atoms with Gasteiger partial charge in [-0.25, -0.2) is 4.79 Å². The number of ether oxygens (including phenoxy) is 1. The van der Waals surface area contributed by atoms with E-state index in [2.05, 4.69) is 0 Å².